The van der Waals surface area contributed by atoms with Gasteiger partial charge in [-0.3, -0.25) is 0 Å². The molecule has 1 fully saturated rings. The van der Waals surface area contributed by atoms with Gasteiger partial charge in [0.2, 0.25) is 0 Å². The zero-order valence-electron chi connectivity index (χ0n) is 10.6. The van der Waals surface area contributed by atoms with Gasteiger partial charge in [0.05, 0.1) is 0 Å². The predicted molar refractivity (Wildman–Crippen MR) is 68.0 cm³/mol. The van der Waals surface area contributed by atoms with Crippen molar-refractivity contribution < 1.29 is 0 Å². The zero-order valence-corrected chi connectivity index (χ0v) is 10.6. The molecule has 1 rings (SSSR count). The van der Waals surface area contributed by atoms with Crippen LogP contribution in [0.3, 0.4) is 0 Å². The molecule has 0 radical (unpaired) electrons. The molecule has 0 heterocycles. The second-order valence-electron chi connectivity index (χ2n) is 5.51. The van der Waals surface area contributed by atoms with Crippen LogP contribution in [-0.2, 0) is 0 Å². The van der Waals surface area contributed by atoms with Gasteiger partial charge in [-0.15, -0.1) is 0 Å². The average Bonchev–Trinajstić information content (AvgIpc) is 2.17. The van der Waals surface area contributed by atoms with Crippen LogP contribution in [0, 0.1) is 17.8 Å². The second-order valence-corrected chi connectivity index (χ2v) is 5.51. The van der Waals surface area contributed by atoms with E-state index in [9.17, 15) is 0 Å². The summed E-state index contributed by atoms with van der Waals surface area (Å²) in [6, 6.07) is 0. The van der Waals surface area contributed by atoms with E-state index in [1.165, 1.54) is 25.7 Å². The van der Waals surface area contributed by atoms with Gasteiger partial charge in [-0.1, -0.05) is 45.8 Å². The summed E-state index contributed by atoms with van der Waals surface area (Å²) in [5.74, 6) is 2.56. The van der Waals surface area contributed by atoms with Crippen LogP contribution < -0.4 is 5.32 Å². The third kappa shape index (κ3) is 5.99. The van der Waals surface area contributed by atoms with Crippen LogP contribution in [0.1, 0.15) is 46.5 Å². The zero-order chi connectivity index (χ0) is 11.1. The number of rotatable bonds is 5. The standard InChI is InChI=1S/C14H27N/c1-12(2)11-15-9-5-8-14-7-4-6-13(3)10-14/h5,8,12-15H,4,6-7,9-11H2,1-3H3. The fraction of sp³-hybridized carbons (Fsp3) is 0.857. The molecule has 0 amide bonds. The van der Waals surface area contributed by atoms with Crippen LogP contribution in [0.15, 0.2) is 12.2 Å². The lowest BCUT2D eigenvalue weighted by Gasteiger charge is -2.24. The molecule has 0 saturated heterocycles. The molecule has 1 aliphatic carbocycles. The molecule has 0 aromatic rings. The van der Waals surface area contributed by atoms with Crippen LogP contribution in [0.5, 0.6) is 0 Å². The number of hydrogen-bond acceptors (Lipinski definition) is 1. The molecule has 1 saturated carbocycles. The number of nitrogens with one attached hydrogen (secondary N) is 1. The van der Waals surface area contributed by atoms with Gasteiger partial charge >= 0.3 is 0 Å². The van der Waals surface area contributed by atoms with E-state index in [0.29, 0.717) is 0 Å². The maximum Gasteiger partial charge on any atom is 0.0135 e. The van der Waals surface area contributed by atoms with Gasteiger partial charge in [-0.25, -0.2) is 0 Å². The topological polar surface area (TPSA) is 12.0 Å². The number of hydrogen-bond donors (Lipinski definition) is 1. The first-order valence-electron chi connectivity index (χ1n) is 6.56. The minimum atomic E-state index is 0.758. The van der Waals surface area contributed by atoms with Gasteiger partial charge in [0.1, 0.15) is 0 Å². The van der Waals surface area contributed by atoms with Crippen LogP contribution in [0.25, 0.3) is 0 Å². The predicted octanol–water partition coefficient (Wildman–Crippen LogP) is 3.61. The molecule has 1 N–H and O–H groups in total. The van der Waals surface area contributed by atoms with Crippen LogP contribution in [0.4, 0.5) is 0 Å². The highest BCUT2D eigenvalue weighted by atomic mass is 14.8. The van der Waals surface area contributed by atoms with E-state index in [-0.39, 0.29) is 0 Å². The Labute approximate surface area is 95.3 Å². The molecule has 2 unspecified atom stereocenters. The molecule has 0 aromatic carbocycles. The van der Waals surface area contributed by atoms with Gasteiger partial charge in [0.25, 0.3) is 0 Å². The monoisotopic (exact) mass is 209 g/mol. The molecule has 15 heavy (non-hydrogen) atoms. The van der Waals surface area contributed by atoms with Crippen molar-refractivity contribution in [2.24, 2.45) is 17.8 Å². The van der Waals surface area contributed by atoms with E-state index >= 15 is 0 Å². The summed E-state index contributed by atoms with van der Waals surface area (Å²) in [6.45, 7) is 9.06. The van der Waals surface area contributed by atoms with Crippen molar-refractivity contribution in [2.75, 3.05) is 13.1 Å². The van der Waals surface area contributed by atoms with Gasteiger partial charge in [-0.2, -0.15) is 0 Å². The summed E-state index contributed by atoms with van der Waals surface area (Å²) < 4.78 is 0. The molecule has 0 aliphatic heterocycles. The summed E-state index contributed by atoms with van der Waals surface area (Å²) in [6.07, 6.45) is 10.4. The Bertz CT molecular complexity index is 184. The van der Waals surface area contributed by atoms with Crippen LogP contribution in [0.2, 0.25) is 0 Å². The van der Waals surface area contributed by atoms with E-state index in [2.05, 4.69) is 38.2 Å². The Balaban J connectivity index is 2.09. The fourth-order valence-electron chi connectivity index (χ4n) is 2.37. The summed E-state index contributed by atoms with van der Waals surface area (Å²) in [4.78, 5) is 0. The Kier molecular flexibility index (Phi) is 6.00. The molecule has 2 atom stereocenters. The van der Waals surface area contributed by atoms with Gasteiger partial charge < -0.3 is 5.32 Å². The smallest absolute Gasteiger partial charge is 0.0135 e. The van der Waals surface area contributed by atoms with Crippen molar-refractivity contribution in [3.63, 3.8) is 0 Å². The highest BCUT2D eigenvalue weighted by molar-refractivity contribution is 4.92. The Morgan fingerprint density at radius 2 is 2.13 bits per heavy atom. The van der Waals surface area contributed by atoms with E-state index in [4.69, 9.17) is 0 Å². The quantitative estimate of drug-likeness (QED) is 0.539. The molecular weight excluding hydrogens is 182 g/mol. The van der Waals surface area contributed by atoms with Gasteiger partial charge in [-0.05, 0) is 37.1 Å². The second kappa shape index (κ2) is 7.05. The lowest BCUT2D eigenvalue weighted by molar-refractivity contribution is 0.325. The molecule has 1 nitrogen and oxygen atoms in total. The highest BCUT2D eigenvalue weighted by Crippen LogP contribution is 2.29. The third-order valence-electron chi connectivity index (χ3n) is 3.20. The van der Waals surface area contributed by atoms with Crippen molar-refractivity contribution in [1.29, 1.82) is 0 Å². The Hall–Kier alpha value is -0.300. The van der Waals surface area contributed by atoms with E-state index in [1.54, 1.807) is 0 Å². The van der Waals surface area contributed by atoms with E-state index in [0.717, 1.165) is 30.8 Å². The Morgan fingerprint density at radius 1 is 1.33 bits per heavy atom. The summed E-state index contributed by atoms with van der Waals surface area (Å²) in [5.41, 5.74) is 0. The summed E-state index contributed by atoms with van der Waals surface area (Å²) >= 11 is 0. The maximum absolute atomic E-state index is 3.45. The van der Waals surface area contributed by atoms with Gasteiger partial charge in [0.15, 0.2) is 0 Å². The Morgan fingerprint density at radius 3 is 2.80 bits per heavy atom. The first-order chi connectivity index (χ1) is 7.18. The minimum absolute atomic E-state index is 0.758. The van der Waals surface area contributed by atoms with Gasteiger partial charge in [0, 0.05) is 6.54 Å². The minimum Gasteiger partial charge on any atom is -0.313 e. The van der Waals surface area contributed by atoms with Crippen molar-refractivity contribution >= 4 is 0 Å². The maximum atomic E-state index is 3.45. The first-order valence-corrected chi connectivity index (χ1v) is 6.56. The molecule has 0 spiro atoms. The highest BCUT2D eigenvalue weighted by Gasteiger charge is 2.15. The van der Waals surface area contributed by atoms with Crippen molar-refractivity contribution in [2.45, 2.75) is 46.5 Å². The summed E-state index contributed by atoms with van der Waals surface area (Å²) in [5, 5.41) is 3.45. The first kappa shape index (κ1) is 12.8. The molecule has 88 valence electrons. The average molecular weight is 209 g/mol. The van der Waals surface area contributed by atoms with E-state index < -0.39 is 0 Å². The van der Waals surface area contributed by atoms with Crippen molar-refractivity contribution in [1.82, 2.24) is 5.32 Å². The fourth-order valence-corrected chi connectivity index (χ4v) is 2.37. The molecule has 0 bridgehead atoms. The molecule has 0 aromatic heterocycles. The largest absolute Gasteiger partial charge is 0.313 e. The molecular formula is C14H27N. The lowest BCUT2D eigenvalue weighted by atomic mass is 9.82. The number of allylic oxidation sites excluding steroid dienone is 1. The summed E-state index contributed by atoms with van der Waals surface area (Å²) in [7, 11) is 0. The van der Waals surface area contributed by atoms with Crippen molar-refractivity contribution in [3.8, 4) is 0 Å². The van der Waals surface area contributed by atoms with E-state index in [1.807, 2.05) is 0 Å². The van der Waals surface area contributed by atoms with Crippen LogP contribution >= 0.6 is 0 Å². The lowest BCUT2D eigenvalue weighted by Crippen LogP contribution is -2.19. The SMILES string of the molecule is CC(C)CNCC=CC1CCCC(C)C1. The van der Waals surface area contributed by atoms with Crippen LogP contribution in [-0.4, -0.2) is 13.1 Å². The molecule has 1 aliphatic rings. The molecule has 1 heteroatoms. The van der Waals surface area contributed by atoms with Crippen molar-refractivity contribution in [3.05, 3.63) is 12.2 Å². The third-order valence-corrected chi connectivity index (χ3v) is 3.20. The normalized spacial score (nSPS) is 27.7.